The van der Waals surface area contributed by atoms with Crippen molar-refractivity contribution >= 4 is 29.3 Å². The fourth-order valence-electron chi connectivity index (χ4n) is 2.00. The van der Waals surface area contributed by atoms with Crippen molar-refractivity contribution in [3.8, 4) is 0 Å². The third-order valence-electron chi connectivity index (χ3n) is 3.16. The van der Waals surface area contributed by atoms with Gasteiger partial charge < -0.3 is 15.4 Å². The molecule has 0 saturated carbocycles. The number of hydrogen-bond donors (Lipinski definition) is 1. The maximum Gasteiger partial charge on any atom is 0.254 e. The van der Waals surface area contributed by atoms with Gasteiger partial charge in [-0.15, -0.1) is 11.8 Å². The molecule has 7 heteroatoms. The molecule has 2 aromatic rings. The standard InChI is InChI=1S/C16H17N3O3S/c1-18(16(21)12-7-9-19(22)10-8-12)11-15(20)17-13-5-3-4-6-14(13)23-2/h3-10H,11H2,1-2H3,(H,17,20). The fraction of sp³-hybridized carbons (Fsp3) is 0.188. The summed E-state index contributed by atoms with van der Waals surface area (Å²) < 4.78 is 0.600. The van der Waals surface area contributed by atoms with Crippen LogP contribution in [0.15, 0.2) is 53.7 Å². The number of thioether (sulfide) groups is 1. The van der Waals surface area contributed by atoms with E-state index in [9.17, 15) is 14.8 Å². The van der Waals surface area contributed by atoms with Crippen LogP contribution in [0.25, 0.3) is 0 Å². The molecule has 2 amide bonds. The van der Waals surface area contributed by atoms with Crippen molar-refractivity contribution in [2.24, 2.45) is 0 Å². The molecule has 1 heterocycles. The van der Waals surface area contributed by atoms with E-state index >= 15 is 0 Å². The van der Waals surface area contributed by atoms with E-state index in [1.165, 1.54) is 41.2 Å². The third kappa shape index (κ3) is 4.46. The van der Waals surface area contributed by atoms with Gasteiger partial charge in [0.1, 0.15) is 0 Å². The van der Waals surface area contributed by atoms with Gasteiger partial charge in [0.15, 0.2) is 12.4 Å². The van der Waals surface area contributed by atoms with Gasteiger partial charge in [0.2, 0.25) is 5.91 Å². The molecular formula is C16H17N3O3S. The number of rotatable bonds is 5. The molecule has 0 atom stereocenters. The highest BCUT2D eigenvalue weighted by Crippen LogP contribution is 2.24. The van der Waals surface area contributed by atoms with Crippen molar-refractivity contribution in [3.05, 3.63) is 59.6 Å². The number of carbonyl (C=O) groups is 2. The topological polar surface area (TPSA) is 76.4 Å². The predicted octanol–water partition coefficient (Wildman–Crippen LogP) is 1.75. The Morgan fingerprint density at radius 2 is 1.87 bits per heavy atom. The molecule has 1 aromatic heterocycles. The lowest BCUT2D eigenvalue weighted by Crippen LogP contribution is -2.35. The highest BCUT2D eigenvalue weighted by Gasteiger charge is 2.16. The van der Waals surface area contributed by atoms with Crippen LogP contribution in [-0.2, 0) is 4.79 Å². The molecule has 0 aliphatic heterocycles. The molecule has 0 aliphatic rings. The van der Waals surface area contributed by atoms with Gasteiger partial charge in [-0.3, -0.25) is 9.59 Å². The first-order valence-corrected chi connectivity index (χ1v) is 8.11. The molecule has 0 unspecified atom stereocenters. The number of pyridine rings is 1. The van der Waals surface area contributed by atoms with E-state index in [1.807, 2.05) is 30.5 Å². The van der Waals surface area contributed by atoms with Gasteiger partial charge in [-0.2, -0.15) is 4.73 Å². The van der Waals surface area contributed by atoms with Gasteiger partial charge in [-0.1, -0.05) is 12.1 Å². The lowest BCUT2D eigenvalue weighted by molar-refractivity contribution is -0.605. The van der Waals surface area contributed by atoms with E-state index in [-0.39, 0.29) is 18.4 Å². The Kier molecular flexibility index (Phi) is 5.59. The van der Waals surface area contributed by atoms with Gasteiger partial charge in [-0.25, -0.2) is 0 Å². The van der Waals surface area contributed by atoms with Crippen molar-refractivity contribution in [1.82, 2.24) is 4.90 Å². The Balaban J connectivity index is 1.99. The first-order chi connectivity index (χ1) is 11.0. The van der Waals surface area contributed by atoms with Gasteiger partial charge in [0, 0.05) is 24.1 Å². The monoisotopic (exact) mass is 331 g/mol. The third-order valence-corrected chi connectivity index (χ3v) is 3.95. The quantitative estimate of drug-likeness (QED) is 0.514. The number of carbonyl (C=O) groups excluding carboxylic acids is 2. The van der Waals surface area contributed by atoms with Crippen molar-refractivity contribution in [2.45, 2.75) is 4.90 Å². The summed E-state index contributed by atoms with van der Waals surface area (Å²) in [5.74, 6) is -0.601. The maximum atomic E-state index is 12.2. The molecule has 0 spiro atoms. The Labute approximate surface area is 138 Å². The molecule has 1 aromatic carbocycles. The average Bonchev–Trinajstić information content (AvgIpc) is 2.55. The highest BCUT2D eigenvalue weighted by molar-refractivity contribution is 7.98. The molecule has 0 saturated heterocycles. The summed E-state index contributed by atoms with van der Waals surface area (Å²) in [6.45, 7) is -0.0756. The number of amides is 2. The molecule has 2 rings (SSSR count). The van der Waals surface area contributed by atoms with Gasteiger partial charge in [-0.05, 0) is 18.4 Å². The number of anilines is 1. The summed E-state index contributed by atoms with van der Waals surface area (Å²) in [4.78, 5) is 26.6. The van der Waals surface area contributed by atoms with Crippen LogP contribution in [0.2, 0.25) is 0 Å². The van der Waals surface area contributed by atoms with E-state index in [0.717, 1.165) is 10.6 Å². The van der Waals surface area contributed by atoms with Crippen LogP contribution in [0.1, 0.15) is 10.4 Å². The van der Waals surface area contributed by atoms with Crippen LogP contribution in [-0.4, -0.2) is 36.6 Å². The van der Waals surface area contributed by atoms with Crippen LogP contribution in [0.4, 0.5) is 5.69 Å². The Morgan fingerprint density at radius 1 is 1.22 bits per heavy atom. The van der Waals surface area contributed by atoms with Crippen LogP contribution in [0.5, 0.6) is 0 Å². The molecule has 0 aliphatic carbocycles. The molecule has 0 fully saturated rings. The number of benzene rings is 1. The molecular weight excluding hydrogens is 314 g/mol. The van der Waals surface area contributed by atoms with Crippen LogP contribution >= 0.6 is 11.8 Å². The number of para-hydroxylation sites is 1. The first-order valence-electron chi connectivity index (χ1n) is 6.88. The highest BCUT2D eigenvalue weighted by atomic mass is 32.2. The van der Waals surface area contributed by atoms with Gasteiger partial charge in [0.05, 0.1) is 17.8 Å². The minimum Gasteiger partial charge on any atom is -0.619 e. The molecule has 1 N–H and O–H groups in total. The van der Waals surface area contributed by atoms with E-state index in [4.69, 9.17) is 0 Å². The SMILES string of the molecule is CSc1ccccc1NC(=O)CN(C)C(=O)c1cc[n+]([O-])cc1. The smallest absolute Gasteiger partial charge is 0.254 e. The number of aromatic nitrogens is 1. The summed E-state index contributed by atoms with van der Waals surface area (Å²) in [6.07, 6.45) is 4.42. The zero-order chi connectivity index (χ0) is 16.8. The zero-order valence-corrected chi connectivity index (χ0v) is 13.7. The molecule has 6 nitrogen and oxygen atoms in total. The summed E-state index contributed by atoms with van der Waals surface area (Å²) in [6, 6.07) is 10.3. The van der Waals surface area contributed by atoms with Gasteiger partial charge in [0.25, 0.3) is 5.91 Å². The van der Waals surface area contributed by atoms with Crippen molar-refractivity contribution in [1.29, 1.82) is 0 Å². The summed E-state index contributed by atoms with van der Waals surface area (Å²) in [5, 5.41) is 13.8. The normalized spacial score (nSPS) is 10.2. The summed E-state index contributed by atoms with van der Waals surface area (Å²) in [7, 11) is 1.54. The van der Waals surface area contributed by atoms with Crippen LogP contribution < -0.4 is 10.0 Å². The van der Waals surface area contributed by atoms with Crippen LogP contribution in [0.3, 0.4) is 0 Å². The molecule has 0 bridgehead atoms. The second kappa shape index (κ2) is 7.64. The molecule has 23 heavy (non-hydrogen) atoms. The Bertz CT molecular complexity index is 704. The van der Waals surface area contributed by atoms with E-state index in [0.29, 0.717) is 10.3 Å². The van der Waals surface area contributed by atoms with Crippen LogP contribution in [0, 0.1) is 5.21 Å². The first kappa shape index (κ1) is 16.8. The van der Waals surface area contributed by atoms with E-state index in [2.05, 4.69) is 5.32 Å². The second-order valence-corrected chi connectivity index (χ2v) is 5.70. The average molecular weight is 331 g/mol. The number of likely N-dealkylation sites (N-methyl/N-ethyl adjacent to an activating group) is 1. The number of nitrogens with one attached hydrogen (secondary N) is 1. The van der Waals surface area contributed by atoms with E-state index in [1.54, 1.807) is 7.05 Å². The second-order valence-electron chi connectivity index (χ2n) is 4.86. The predicted molar refractivity (Wildman–Crippen MR) is 89.2 cm³/mol. The fourth-order valence-corrected chi connectivity index (χ4v) is 2.55. The van der Waals surface area contributed by atoms with Crippen molar-refractivity contribution in [3.63, 3.8) is 0 Å². The van der Waals surface area contributed by atoms with E-state index < -0.39 is 0 Å². The maximum absolute atomic E-state index is 12.2. The summed E-state index contributed by atoms with van der Waals surface area (Å²) >= 11 is 1.53. The molecule has 0 radical (unpaired) electrons. The Morgan fingerprint density at radius 3 is 2.52 bits per heavy atom. The largest absolute Gasteiger partial charge is 0.619 e. The molecule has 120 valence electrons. The number of nitrogens with zero attached hydrogens (tertiary/aromatic N) is 2. The number of hydrogen-bond acceptors (Lipinski definition) is 4. The van der Waals surface area contributed by atoms with Gasteiger partial charge >= 0.3 is 0 Å². The summed E-state index contributed by atoms with van der Waals surface area (Å²) in [5.41, 5.74) is 1.08. The van der Waals surface area contributed by atoms with Crippen molar-refractivity contribution < 1.29 is 14.3 Å². The van der Waals surface area contributed by atoms with Crippen molar-refractivity contribution in [2.75, 3.05) is 25.2 Å². The minimum atomic E-state index is -0.320. The lowest BCUT2D eigenvalue weighted by Gasteiger charge is -2.17. The zero-order valence-electron chi connectivity index (χ0n) is 12.9. The lowest BCUT2D eigenvalue weighted by atomic mass is 10.2. The minimum absolute atomic E-state index is 0.0756. The Hall–Kier alpha value is -2.54.